The topological polar surface area (TPSA) is 57.6 Å². The first kappa shape index (κ1) is 8.04. The third kappa shape index (κ3) is 1.34. The fourth-order valence-corrected chi connectivity index (χ4v) is 1.40. The van der Waals surface area contributed by atoms with Gasteiger partial charge in [-0.05, 0) is 6.42 Å². The van der Waals surface area contributed by atoms with Crippen molar-refractivity contribution in [3.05, 3.63) is 0 Å². The molecule has 1 N–H and O–H groups in total. The number of amides is 1. The minimum atomic E-state index is -0.984. The maximum atomic E-state index is 11.0. The number of likely N-dealkylation sites (tertiary alicyclic amines) is 1. The SMILES string of the molecule is CC[C@H]1C(=O)CCN1C(=O)O. The van der Waals surface area contributed by atoms with E-state index >= 15 is 0 Å². The lowest BCUT2D eigenvalue weighted by molar-refractivity contribution is -0.119. The Morgan fingerprint density at radius 2 is 2.45 bits per heavy atom. The average molecular weight is 157 g/mol. The van der Waals surface area contributed by atoms with Gasteiger partial charge in [-0.3, -0.25) is 9.69 Å². The number of hydrogen-bond acceptors (Lipinski definition) is 2. The molecule has 0 bridgehead atoms. The highest BCUT2D eigenvalue weighted by molar-refractivity contribution is 5.90. The van der Waals surface area contributed by atoms with E-state index in [0.29, 0.717) is 19.4 Å². The molecule has 1 aliphatic rings. The Hall–Kier alpha value is -1.06. The summed E-state index contributed by atoms with van der Waals surface area (Å²) < 4.78 is 0. The predicted molar refractivity (Wildman–Crippen MR) is 38.4 cm³/mol. The average Bonchev–Trinajstić information content (AvgIpc) is 2.30. The van der Waals surface area contributed by atoms with Crippen LogP contribution in [0.15, 0.2) is 0 Å². The molecule has 62 valence electrons. The zero-order valence-corrected chi connectivity index (χ0v) is 6.41. The van der Waals surface area contributed by atoms with Gasteiger partial charge in [-0.15, -0.1) is 0 Å². The van der Waals surface area contributed by atoms with Gasteiger partial charge in [0.25, 0.3) is 0 Å². The van der Waals surface area contributed by atoms with Crippen molar-refractivity contribution in [2.75, 3.05) is 6.54 Å². The Kier molecular flexibility index (Phi) is 2.12. The summed E-state index contributed by atoms with van der Waals surface area (Å²) >= 11 is 0. The van der Waals surface area contributed by atoms with Crippen LogP contribution in [-0.2, 0) is 4.79 Å². The van der Waals surface area contributed by atoms with E-state index < -0.39 is 6.09 Å². The highest BCUT2D eigenvalue weighted by atomic mass is 16.4. The molecule has 0 aliphatic carbocycles. The number of hydrogen-bond donors (Lipinski definition) is 1. The number of carboxylic acid groups (broad SMARTS) is 1. The van der Waals surface area contributed by atoms with Gasteiger partial charge in [0.1, 0.15) is 0 Å². The van der Waals surface area contributed by atoms with Crippen LogP contribution in [0, 0.1) is 0 Å². The van der Waals surface area contributed by atoms with Crippen molar-refractivity contribution >= 4 is 11.9 Å². The standard InChI is InChI=1S/C7H11NO3/c1-2-5-6(9)3-4-8(5)7(10)11/h5H,2-4H2,1H3,(H,10,11)/t5-/m0/s1. The van der Waals surface area contributed by atoms with Crippen molar-refractivity contribution in [1.82, 2.24) is 4.90 Å². The van der Waals surface area contributed by atoms with E-state index in [1.807, 2.05) is 6.92 Å². The van der Waals surface area contributed by atoms with Crippen molar-refractivity contribution in [3.63, 3.8) is 0 Å². The van der Waals surface area contributed by atoms with E-state index in [4.69, 9.17) is 5.11 Å². The molecule has 1 saturated heterocycles. The molecule has 1 heterocycles. The molecule has 1 fully saturated rings. The van der Waals surface area contributed by atoms with Crippen LogP contribution in [0.2, 0.25) is 0 Å². The molecular formula is C7H11NO3. The second-order valence-electron chi connectivity index (χ2n) is 2.62. The van der Waals surface area contributed by atoms with Crippen LogP contribution in [0.3, 0.4) is 0 Å². The van der Waals surface area contributed by atoms with E-state index in [2.05, 4.69) is 0 Å². The second kappa shape index (κ2) is 2.90. The van der Waals surface area contributed by atoms with E-state index in [0.717, 1.165) is 0 Å². The Bertz CT molecular complexity index is 190. The van der Waals surface area contributed by atoms with Crippen molar-refractivity contribution in [2.24, 2.45) is 0 Å². The normalized spacial score (nSPS) is 24.3. The fourth-order valence-electron chi connectivity index (χ4n) is 1.40. The maximum absolute atomic E-state index is 11.0. The molecule has 1 amide bonds. The molecule has 0 unspecified atom stereocenters. The number of carbonyl (C=O) groups excluding carboxylic acids is 1. The van der Waals surface area contributed by atoms with Crippen molar-refractivity contribution in [3.8, 4) is 0 Å². The van der Waals surface area contributed by atoms with Crippen LogP contribution in [-0.4, -0.2) is 34.5 Å². The summed E-state index contributed by atoms with van der Waals surface area (Å²) in [5.74, 6) is 0.0508. The number of carbonyl (C=O) groups is 2. The van der Waals surface area contributed by atoms with E-state index in [1.54, 1.807) is 0 Å². The highest BCUT2D eigenvalue weighted by Crippen LogP contribution is 2.15. The molecule has 4 nitrogen and oxygen atoms in total. The van der Waals surface area contributed by atoms with Crippen LogP contribution in [0.5, 0.6) is 0 Å². The Labute approximate surface area is 64.8 Å². The molecule has 0 spiro atoms. The molecular weight excluding hydrogens is 146 g/mol. The predicted octanol–water partition coefficient (Wildman–Crippen LogP) is 0.718. The first-order chi connectivity index (χ1) is 5.16. The van der Waals surface area contributed by atoms with Gasteiger partial charge in [0.2, 0.25) is 0 Å². The Morgan fingerprint density at radius 3 is 2.82 bits per heavy atom. The van der Waals surface area contributed by atoms with Gasteiger partial charge in [0, 0.05) is 13.0 Å². The van der Waals surface area contributed by atoms with E-state index in [-0.39, 0.29) is 11.8 Å². The molecule has 11 heavy (non-hydrogen) atoms. The fraction of sp³-hybridized carbons (Fsp3) is 0.714. The first-order valence-electron chi connectivity index (χ1n) is 3.69. The Balaban J connectivity index is 2.68. The van der Waals surface area contributed by atoms with Gasteiger partial charge < -0.3 is 5.11 Å². The Morgan fingerprint density at radius 1 is 1.82 bits per heavy atom. The number of ketones is 1. The molecule has 1 rings (SSSR count). The third-order valence-electron chi connectivity index (χ3n) is 1.98. The molecule has 0 saturated carbocycles. The minimum absolute atomic E-state index is 0.0508. The highest BCUT2D eigenvalue weighted by Gasteiger charge is 2.33. The van der Waals surface area contributed by atoms with Crippen LogP contribution in [0.25, 0.3) is 0 Å². The summed E-state index contributed by atoms with van der Waals surface area (Å²) in [6.07, 6.45) is -0.0154. The van der Waals surface area contributed by atoms with Crippen LogP contribution < -0.4 is 0 Å². The smallest absolute Gasteiger partial charge is 0.407 e. The molecule has 1 atom stereocenters. The quantitative estimate of drug-likeness (QED) is 0.610. The van der Waals surface area contributed by atoms with E-state index in [9.17, 15) is 9.59 Å². The zero-order chi connectivity index (χ0) is 8.43. The monoisotopic (exact) mass is 157 g/mol. The summed E-state index contributed by atoms with van der Waals surface area (Å²) in [6, 6.07) is -0.382. The summed E-state index contributed by atoms with van der Waals surface area (Å²) in [5.41, 5.74) is 0. The van der Waals surface area contributed by atoms with Gasteiger partial charge in [0.05, 0.1) is 6.04 Å². The summed E-state index contributed by atoms with van der Waals surface area (Å²) in [7, 11) is 0. The molecule has 1 aliphatic heterocycles. The van der Waals surface area contributed by atoms with Crippen LogP contribution in [0.1, 0.15) is 19.8 Å². The number of rotatable bonds is 1. The van der Waals surface area contributed by atoms with Crippen LogP contribution in [0.4, 0.5) is 4.79 Å². The summed E-state index contributed by atoms with van der Waals surface area (Å²) in [5, 5.41) is 8.61. The van der Waals surface area contributed by atoms with Gasteiger partial charge in [-0.2, -0.15) is 0 Å². The van der Waals surface area contributed by atoms with Crippen molar-refractivity contribution < 1.29 is 14.7 Å². The van der Waals surface area contributed by atoms with Gasteiger partial charge in [-0.25, -0.2) is 4.79 Å². The molecule has 0 aromatic carbocycles. The van der Waals surface area contributed by atoms with Crippen molar-refractivity contribution in [2.45, 2.75) is 25.8 Å². The molecule has 0 aromatic rings. The molecule has 4 heteroatoms. The maximum Gasteiger partial charge on any atom is 0.407 e. The number of nitrogens with zero attached hydrogens (tertiary/aromatic N) is 1. The lowest BCUT2D eigenvalue weighted by atomic mass is 10.1. The lowest BCUT2D eigenvalue weighted by Crippen LogP contribution is -2.36. The third-order valence-corrected chi connectivity index (χ3v) is 1.98. The zero-order valence-electron chi connectivity index (χ0n) is 6.41. The van der Waals surface area contributed by atoms with Crippen molar-refractivity contribution in [1.29, 1.82) is 0 Å². The van der Waals surface area contributed by atoms with Gasteiger partial charge in [-0.1, -0.05) is 6.92 Å². The summed E-state index contributed by atoms with van der Waals surface area (Å²) in [6.45, 7) is 2.19. The first-order valence-corrected chi connectivity index (χ1v) is 3.69. The molecule has 0 aromatic heterocycles. The van der Waals surface area contributed by atoms with Crippen LogP contribution >= 0.6 is 0 Å². The lowest BCUT2D eigenvalue weighted by Gasteiger charge is -2.17. The molecule has 0 radical (unpaired) electrons. The minimum Gasteiger partial charge on any atom is -0.465 e. The van der Waals surface area contributed by atoms with Gasteiger partial charge >= 0.3 is 6.09 Å². The summed E-state index contributed by atoms with van der Waals surface area (Å²) in [4.78, 5) is 22.7. The van der Waals surface area contributed by atoms with Gasteiger partial charge in [0.15, 0.2) is 5.78 Å². The number of Topliss-reactive ketones (excluding diaryl/α,β-unsaturated/α-hetero) is 1. The largest absolute Gasteiger partial charge is 0.465 e. The second-order valence-corrected chi connectivity index (χ2v) is 2.62. The van der Waals surface area contributed by atoms with E-state index in [1.165, 1.54) is 4.90 Å².